The highest BCUT2D eigenvalue weighted by atomic mass is 16.5. The predicted octanol–water partition coefficient (Wildman–Crippen LogP) is 1.54. The van der Waals surface area contributed by atoms with Crippen molar-refractivity contribution < 1.29 is 9.47 Å². The molecule has 7 nitrogen and oxygen atoms in total. The van der Waals surface area contributed by atoms with Crippen molar-refractivity contribution in [2.24, 2.45) is 7.05 Å². The molecule has 0 aliphatic carbocycles. The molecule has 0 radical (unpaired) electrons. The third kappa shape index (κ3) is 3.72. The number of nitrogens with zero attached hydrogens (tertiary/aromatic N) is 4. The molecule has 1 aliphatic rings. The lowest BCUT2D eigenvalue weighted by molar-refractivity contribution is 0.139. The summed E-state index contributed by atoms with van der Waals surface area (Å²) in [5.41, 5.74) is 2.03. The highest BCUT2D eigenvalue weighted by Crippen LogP contribution is 2.16. The monoisotopic (exact) mass is 339 g/mol. The minimum Gasteiger partial charge on any atom is -0.483 e. The number of ether oxygens (including phenoxy) is 2. The van der Waals surface area contributed by atoms with E-state index in [-0.39, 0.29) is 12.1 Å². The molecule has 130 valence electrons. The SMILES string of the molecule is Cn1cc(O[C@@H]2COC[C@@H]2NCc2ccn(-c3ccccc3)n2)cn1. The number of aromatic nitrogens is 4. The van der Waals surface area contributed by atoms with Crippen molar-refractivity contribution in [2.75, 3.05) is 13.2 Å². The van der Waals surface area contributed by atoms with E-state index in [0.29, 0.717) is 19.8 Å². The highest BCUT2D eigenvalue weighted by molar-refractivity contribution is 5.30. The van der Waals surface area contributed by atoms with Gasteiger partial charge < -0.3 is 14.8 Å². The van der Waals surface area contributed by atoms with Gasteiger partial charge in [0.2, 0.25) is 0 Å². The number of para-hydroxylation sites is 1. The first-order chi connectivity index (χ1) is 12.3. The number of rotatable bonds is 6. The third-order valence-electron chi connectivity index (χ3n) is 4.21. The van der Waals surface area contributed by atoms with Crippen molar-refractivity contribution in [2.45, 2.75) is 18.7 Å². The molecule has 0 unspecified atom stereocenters. The number of hydrogen-bond acceptors (Lipinski definition) is 5. The Labute approximate surface area is 146 Å². The second-order valence-corrected chi connectivity index (χ2v) is 6.12. The van der Waals surface area contributed by atoms with Crippen LogP contribution in [0.5, 0.6) is 5.75 Å². The quantitative estimate of drug-likeness (QED) is 0.738. The molecular weight excluding hydrogens is 318 g/mol. The van der Waals surface area contributed by atoms with Crippen molar-refractivity contribution in [3.8, 4) is 11.4 Å². The zero-order valence-corrected chi connectivity index (χ0v) is 14.1. The molecule has 3 aromatic rings. The molecule has 3 heterocycles. The molecule has 7 heteroatoms. The van der Waals surface area contributed by atoms with Crippen LogP contribution in [0.15, 0.2) is 55.0 Å². The van der Waals surface area contributed by atoms with E-state index in [1.807, 2.05) is 60.5 Å². The summed E-state index contributed by atoms with van der Waals surface area (Å²) in [5, 5.41) is 12.2. The fourth-order valence-corrected chi connectivity index (χ4v) is 2.89. The van der Waals surface area contributed by atoms with Crippen LogP contribution in [0, 0.1) is 0 Å². The summed E-state index contributed by atoms with van der Waals surface area (Å²) in [6.45, 7) is 1.87. The average Bonchev–Trinajstić information content (AvgIpc) is 3.36. The molecule has 1 aliphatic heterocycles. The van der Waals surface area contributed by atoms with Gasteiger partial charge in [-0.15, -0.1) is 0 Å². The Morgan fingerprint density at radius 1 is 1.24 bits per heavy atom. The Balaban J connectivity index is 1.35. The minimum absolute atomic E-state index is 0.0274. The topological polar surface area (TPSA) is 66.1 Å². The second-order valence-electron chi connectivity index (χ2n) is 6.12. The maximum Gasteiger partial charge on any atom is 0.157 e. The van der Waals surface area contributed by atoms with Crippen molar-refractivity contribution in [3.63, 3.8) is 0 Å². The first-order valence-electron chi connectivity index (χ1n) is 8.34. The van der Waals surface area contributed by atoms with Crippen LogP contribution in [-0.2, 0) is 18.3 Å². The maximum atomic E-state index is 5.98. The Bertz CT molecular complexity index is 814. The maximum absolute atomic E-state index is 5.98. The van der Waals surface area contributed by atoms with Crippen LogP contribution < -0.4 is 10.1 Å². The Hall–Kier alpha value is -2.64. The molecule has 0 saturated carbocycles. The van der Waals surface area contributed by atoms with Gasteiger partial charge in [0.1, 0.15) is 6.10 Å². The van der Waals surface area contributed by atoms with Crippen molar-refractivity contribution in [3.05, 3.63) is 60.7 Å². The van der Waals surface area contributed by atoms with E-state index in [1.165, 1.54) is 0 Å². The van der Waals surface area contributed by atoms with Gasteiger partial charge in [-0.25, -0.2) is 4.68 Å². The molecule has 0 bridgehead atoms. The number of benzene rings is 1. The van der Waals surface area contributed by atoms with E-state index in [9.17, 15) is 0 Å². The van der Waals surface area contributed by atoms with Crippen molar-refractivity contribution in [1.29, 1.82) is 0 Å². The Morgan fingerprint density at radius 3 is 2.92 bits per heavy atom. The Kier molecular flexibility index (Phi) is 4.49. The van der Waals surface area contributed by atoms with Gasteiger partial charge in [-0.3, -0.25) is 4.68 Å². The second kappa shape index (κ2) is 7.08. The van der Waals surface area contributed by atoms with Crippen LogP contribution in [0.2, 0.25) is 0 Å². The first-order valence-corrected chi connectivity index (χ1v) is 8.34. The normalized spacial score (nSPS) is 20.0. The molecule has 0 amide bonds. The first kappa shape index (κ1) is 15.9. The summed E-state index contributed by atoms with van der Waals surface area (Å²) in [7, 11) is 1.87. The van der Waals surface area contributed by atoms with Gasteiger partial charge in [0.05, 0.1) is 43.0 Å². The van der Waals surface area contributed by atoms with E-state index in [4.69, 9.17) is 9.47 Å². The molecule has 2 atom stereocenters. The summed E-state index contributed by atoms with van der Waals surface area (Å²) in [6.07, 6.45) is 5.52. The van der Waals surface area contributed by atoms with Crippen molar-refractivity contribution >= 4 is 0 Å². The molecule has 1 saturated heterocycles. The lowest BCUT2D eigenvalue weighted by atomic mass is 10.2. The standard InChI is InChI=1S/C18H21N5O2/c1-22-11-16(10-20-22)25-18-13-24-12-17(18)19-9-14-7-8-23(21-14)15-5-3-2-4-6-15/h2-8,10-11,17-19H,9,12-13H2,1H3/t17-,18+/m0/s1. The minimum atomic E-state index is -0.0274. The molecule has 0 spiro atoms. The molecule has 2 aromatic heterocycles. The zero-order valence-electron chi connectivity index (χ0n) is 14.1. The van der Waals surface area contributed by atoms with Gasteiger partial charge >= 0.3 is 0 Å². The summed E-state index contributed by atoms with van der Waals surface area (Å²) >= 11 is 0. The summed E-state index contributed by atoms with van der Waals surface area (Å²) in [6, 6.07) is 12.2. The molecule has 4 rings (SSSR count). The lowest BCUT2D eigenvalue weighted by Gasteiger charge is -2.19. The van der Waals surface area contributed by atoms with Crippen molar-refractivity contribution in [1.82, 2.24) is 24.9 Å². The fourth-order valence-electron chi connectivity index (χ4n) is 2.89. The zero-order chi connectivity index (χ0) is 17.1. The lowest BCUT2D eigenvalue weighted by Crippen LogP contribution is -2.41. The van der Waals surface area contributed by atoms with E-state index in [2.05, 4.69) is 15.5 Å². The third-order valence-corrected chi connectivity index (χ3v) is 4.21. The molecule has 25 heavy (non-hydrogen) atoms. The average molecular weight is 339 g/mol. The van der Waals surface area contributed by atoms with Crippen LogP contribution in [0.3, 0.4) is 0 Å². The van der Waals surface area contributed by atoms with E-state index in [0.717, 1.165) is 17.1 Å². The van der Waals surface area contributed by atoms with Crippen LogP contribution in [0.25, 0.3) is 5.69 Å². The van der Waals surface area contributed by atoms with E-state index in [1.54, 1.807) is 10.9 Å². The highest BCUT2D eigenvalue weighted by Gasteiger charge is 2.30. The van der Waals surface area contributed by atoms with Gasteiger partial charge in [-0.2, -0.15) is 10.2 Å². The molecule has 1 aromatic carbocycles. The molecular formula is C18H21N5O2. The predicted molar refractivity (Wildman–Crippen MR) is 92.6 cm³/mol. The molecule has 1 N–H and O–H groups in total. The number of hydrogen-bond donors (Lipinski definition) is 1. The van der Waals surface area contributed by atoms with Crippen LogP contribution in [0.4, 0.5) is 0 Å². The van der Waals surface area contributed by atoms with Crippen LogP contribution in [-0.4, -0.2) is 44.9 Å². The van der Waals surface area contributed by atoms with Gasteiger partial charge in [-0.1, -0.05) is 18.2 Å². The van der Waals surface area contributed by atoms with Gasteiger partial charge in [0.25, 0.3) is 0 Å². The van der Waals surface area contributed by atoms with E-state index < -0.39 is 0 Å². The van der Waals surface area contributed by atoms with Crippen LogP contribution in [0.1, 0.15) is 5.69 Å². The number of aryl methyl sites for hydroxylation is 1. The summed E-state index contributed by atoms with van der Waals surface area (Å²) in [5.74, 6) is 0.762. The van der Waals surface area contributed by atoms with E-state index >= 15 is 0 Å². The summed E-state index contributed by atoms with van der Waals surface area (Å²) < 4.78 is 15.2. The molecule has 1 fully saturated rings. The largest absolute Gasteiger partial charge is 0.483 e. The van der Waals surface area contributed by atoms with Gasteiger partial charge in [-0.05, 0) is 18.2 Å². The summed E-state index contributed by atoms with van der Waals surface area (Å²) in [4.78, 5) is 0. The van der Waals surface area contributed by atoms with Gasteiger partial charge in [0, 0.05) is 19.8 Å². The number of nitrogens with one attached hydrogen (secondary N) is 1. The smallest absolute Gasteiger partial charge is 0.157 e. The Morgan fingerprint density at radius 2 is 2.12 bits per heavy atom. The van der Waals surface area contributed by atoms with Gasteiger partial charge in [0.15, 0.2) is 5.75 Å². The van der Waals surface area contributed by atoms with Crippen LogP contribution >= 0.6 is 0 Å². The fraction of sp³-hybridized carbons (Fsp3) is 0.333.